The Morgan fingerprint density at radius 3 is 2.44 bits per heavy atom. The Hall–Kier alpha value is -2.10. The fourth-order valence-corrected chi connectivity index (χ4v) is 1.11. The fourth-order valence-electron chi connectivity index (χ4n) is 1.11. The van der Waals surface area contributed by atoms with Gasteiger partial charge >= 0.3 is 11.9 Å². The first-order chi connectivity index (χ1) is 7.63. The minimum Gasteiger partial charge on any atom is -0.478 e. The molecule has 0 spiro atoms. The Labute approximate surface area is 93.2 Å². The smallest absolute Gasteiger partial charge is 0.338 e. The Morgan fingerprint density at radius 1 is 1.31 bits per heavy atom. The van der Waals surface area contributed by atoms with Crippen LogP contribution >= 0.6 is 0 Å². The Kier molecular flexibility index (Phi) is 4.27. The standard InChI is InChI=1S/C12H12O4/c1-2-16-12(15)10-6-3-9(4-7-10)5-8-11(13)14/h3-8H,2H2,1H3,(H,13,14). The van der Waals surface area contributed by atoms with E-state index in [1.165, 1.54) is 6.08 Å². The van der Waals surface area contributed by atoms with Crippen molar-refractivity contribution in [1.29, 1.82) is 0 Å². The summed E-state index contributed by atoms with van der Waals surface area (Å²) in [4.78, 5) is 21.6. The van der Waals surface area contributed by atoms with Crippen LogP contribution in [-0.4, -0.2) is 23.7 Å². The highest BCUT2D eigenvalue weighted by atomic mass is 16.5. The van der Waals surface area contributed by atoms with E-state index in [0.29, 0.717) is 12.2 Å². The second-order valence-corrected chi connectivity index (χ2v) is 3.01. The topological polar surface area (TPSA) is 63.6 Å². The first-order valence-corrected chi connectivity index (χ1v) is 4.81. The lowest BCUT2D eigenvalue weighted by atomic mass is 10.1. The monoisotopic (exact) mass is 220 g/mol. The molecule has 0 aromatic heterocycles. The van der Waals surface area contributed by atoms with Crippen molar-refractivity contribution >= 4 is 18.0 Å². The van der Waals surface area contributed by atoms with Crippen molar-refractivity contribution in [2.45, 2.75) is 6.92 Å². The summed E-state index contributed by atoms with van der Waals surface area (Å²) in [7, 11) is 0. The molecule has 0 aliphatic carbocycles. The molecule has 0 atom stereocenters. The van der Waals surface area contributed by atoms with Gasteiger partial charge in [0.1, 0.15) is 0 Å². The molecule has 0 aliphatic rings. The summed E-state index contributed by atoms with van der Waals surface area (Å²) < 4.78 is 4.81. The SMILES string of the molecule is CCOC(=O)c1ccc(C=CC(=O)O)cc1. The predicted octanol–water partition coefficient (Wildman–Crippen LogP) is 1.96. The van der Waals surface area contributed by atoms with E-state index in [9.17, 15) is 9.59 Å². The number of carboxylic acid groups (broad SMARTS) is 1. The van der Waals surface area contributed by atoms with Crippen molar-refractivity contribution in [3.05, 3.63) is 41.5 Å². The van der Waals surface area contributed by atoms with E-state index in [2.05, 4.69) is 0 Å². The molecule has 0 radical (unpaired) electrons. The third-order valence-electron chi connectivity index (χ3n) is 1.84. The number of carbonyl (C=O) groups excluding carboxylic acids is 1. The van der Waals surface area contributed by atoms with Gasteiger partial charge in [-0.3, -0.25) is 0 Å². The molecule has 1 rings (SSSR count). The lowest BCUT2D eigenvalue weighted by Crippen LogP contribution is -2.03. The van der Waals surface area contributed by atoms with Crippen molar-refractivity contribution in [3.63, 3.8) is 0 Å². The van der Waals surface area contributed by atoms with Gasteiger partial charge in [0.15, 0.2) is 0 Å². The highest BCUT2D eigenvalue weighted by Gasteiger charge is 2.04. The van der Waals surface area contributed by atoms with Crippen LogP contribution in [0.4, 0.5) is 0 Å². The van der Waals surface area contributed by atoms with E-state index in [0.717, 1.165) is 11.6 Å². The molecule has 0 unspecified atom stereocenters. The number of ether oxygens (including phenoxy) is 1. The van der Waals surface area contributed by atoms with Gasteiger partial charge < -0.3 is 9.84 Å². The van der Waals surface area contributed by atoms with Gasteiger partial charge in [0.05, 0.1) is 12.2 Å². The summed E-state index contributed by atoms with van der Waals surface area (Å²) in [6, 6.07) is 6.51. The minimum atomic E-state index is -1.01. The number of rotatable bonds is 4. The minimum absolute atomic E-state index is 0.333. The maximum atomic E-state index is 11.3. The highest BCUT2D eigenvalue weighted by Crippen LogP contribution is 2.07. The van der Waals surface area contributed by atoms with Gasteiger partial charge in [0, 0.05) is 6.08 Å². The zero-order chi connectivity index (χ0) is 12.0. The molecule has 4 nitrogen and oxygen atoms in total. The number of carboxylic acids is 1. The number of aliphatic carboxylic acids is 1. The van der Waals surface area contributed by atoms with Gasteiger partial charge in [0.25, 0.3) is 0 Å². The molecule has 0 saturated heterocycles. The summed E-state index contributed by atoms with van der Waals surface area (Å²) in [5.41, 5.74) is 1.17. The molecule has 0 heterocycles. The molecule has 84 valence electrons. The van der Waals surface area contributed by atoms with Crippen LogP contribution in [0.25, 0.3) is 6.08 Å². The van der Waals surface area contributed by atoms with Crippen LogP contribution in [0.5, 0.6) is 0 Å². The van der Waals surface area contributed by atoms with Gasteiger partial charge in [-0.05, 0) is 30.7 Å². The molecular weight excluding hydrogens is 208 g/mol. The van der Waals surface area contributed by atoms with Crippen molar-refractivity contribution in [3.8, 4) is 0 Å². The third kappa shape index (κ3) is 3.57. The molecule has 16 heavy (non-hydrogen) atoms. The molecule has 1 N–H and O–H groups in total. The van der Waals surface area contributed by atoms with Crippen molar-refractivity contribution in [2.75, 3.05) is 6.61 Å². The Balaban J connectivity index is 2.75. The number of hydrogen-bond donors (Lipinski definition) is 1. The third-order valence-corrected chi connectivity index (χ3v) is 1.84. The average Bonchev–Trinajstić information content (AvgIpc) is 2.27. The average molecular weight is 220 g/mol. The van der Waals surface area contributed by atoms with Gasteiger partial charge in [-0.15, -0.1) is 0 Å². The zero-order valence-electron chi connectivity index (χ0n) is 8.84. The Bertz CT molecular complexity index is 404. The zero-order valence-corrected chi connectivity index (χ0v) is 8.84. The molecule has 0 amide bonds. The van der Waals surface area contributed by atoms with Crippen LogP contribution in [0.3, 0.4) is 0 Å². The quantitative estimate of drug-likeness (QED) is 0.622. The Morgan fingerprint density at radius 2 is 1.94 bits per heavy atom. The molecule has 0 aliphatic heterocycles. The van der Waals surface area contributed by atoms with Gasteiger partial charge in [-0.25, -0.2) is 9.59 Å². The van der Waals surface area contributed by atoms with Crippen LogP contribution in [0.15, 0.2) is 30.3 Å². The van der Waals surface area contributed by atoms with E-state index in [1.54, 1.807) is 31.2 Å². The van der Waals surface area contributed by atoms with E-state index < -0.39 is 5.97 Å². The maximum absolute atomic E-state index is 11.3. The lowest BCUT2D eigenvalue weighted by molar-refractivity contribution is -0.131. The van der Waals surface area contributed by atoms with Crippen LogP contribution in [0.2, 0.25) is 0 Å². The maximum Gasteiger partial charge on any atom is 0.338 e. The molecule has 0 saturated carbocycles. The van der Waals surface area contributed by atoms with Crippen LogP contribution in [0, 0.1) is 0 Å². The van der Waals surface area contributed by atoms with E-state index in [-0.39, 0.29) is 5.97 Å². The van der Waals surface area contributed by atoms with Gasteiger partial charge in [0.2, 0.25) is 0 Å². The number of esters is 1. The number of carbonyl (C=O) groups is 2. The van der Waals surface area contributed by atoms with Crippen molar-refractivity contribution < 1.29 is 19.4 Å². The van der Waals surface area contributed by atoms with Crippen molar-refractivity contribution in [2.24, 2.45) is 0 Å². The lowest BCUT2D eigenvalue weighted by Gasteiger charge is -2.01. The first-order valence-electron chi connectivity index (χ1n) is 4.81. The largest absolute Gasteiger partial charge is 0.478 e. The molecule has 1 aromatic carbocycles. The molecule has 0 bridgehead atoms. The number of hydrogen-bond acceptors (Lipinski definition) is 3. The van der Waals surface area contributed by atoms with Gasteiger partial charge in [-0.2, -0.15) is 0 Å². The van der Waals surface area contributed by atoms with Crippen LogP contribution in [-0.2, 0) is 9.53 Å². The molecule has 0 fully saturated rings. The summed E-state index contributed by atoms with van der Waals surface area (Å²) in [5.74, 6) is -1.38. The first kappa shape index (κ1) is 12.0. The second kappa shape index (κ2) is 5.70. The van der Waals surface area contributed by atoms with Crippen LogP contribution in [0.1, 0.15) is 22.8 Å². The summed E-state index contributed by atoms with van der Waals surface area (Å²) in [6.45, 7) is 2.07. The van der Waals surface area contributed by atoms with Gasteiger partial charge in [-0.1, -0.05) is 12.1 Å². The molecule has 1 aromatic rings. The predicted molar refractivity (Wildman–Crippen MR) is 59.1 cm³/mol. The normalized spacial score (nSPS) is 10.3. The second-order valence-electron chi connectivity index (χ2n) is 3.01. The van der Waals surface area contributed by atoms with E-state index >= 15 is 0 Å². The summed E-state index contributed by atoms with van der Waals surface area (Å²) in [5, 5.41) is 8.43. The van der Waals surface area contributed by atoms with Crippen LogP contribution < -0.4 is 0 Å². The van der Waals surface area contributed by atoms with E-state index in [4.69, 9.17) is 9.84 Å². The van der Waals surface area contributed by atoms with E-state index in [1.807, 2.05) is 0 Å². The summed E-state index contributed by atoms with van der Waals surface area (Å²) in [6.07, 6.45) is 2.50. The number of benzene rings is 1. The fraction of sp³-hybridized carbons (Fsp3) is 0.167. The highest BCUT2D eigenvalue weighted by molar-refractivity contribution is 5.90. The molecular formula is C12H12O4. The van der Waals surface area contributed by atoms with Crippen molar-refractivity contribution in [1.82, 2.24) is 0 Å². The molecule has 4 heteroatoms. The summed E-state index contributed by atoms with van der Waals surface area (Å²) >= 11 is 0.